The highest BCUT2D eigenvalue weighted by molar-refractivity contribution is 5.97. The highest BCUT2D eigenvalue weighted by Gasteiger charge is 2.18. The third-order valence-corrected chi connectivity index (χ3v) is 6.53. The van der Waals surface area contributed by atoms with Gasteiger partial charge in [-0.1, -0.05) is 25.3 Å². The van der Waals surface area contributed by atoms with E-state index in [4.69, 9.17) is 23.7 Å². The van der Waals surface area contributed by atoms with Crippen molar-refractivity contribution in [2.45, 2.75) is 57.1 Å². The Morgan fingerprint density at radius 1 is 0.917 bits per heavy atom. The monoisotopic (exact) mass is 501 g/mol. The first-order valence-electron chi connectivity index (χ1n) is 12.5. The molecule has 1 fully saturated rings. The molecule has 3 rings (SSSR count). The second kappa shape index (κ2) is 13.9. The van der Waals surface area contributed by atoms with Crippen LogP contribution in [0.25, 0.3) is 0 Å². The number of nitrogens with one attached hydrogen (secondary N) is 1. The molecule has 2 aromatic rings. The first-order chi connectivity index (χ1) is 17.5. The maximum atomic E-state index is 12.9. The number of methoxy groups -OCH3 is 4. The van der Waals surface area contributed by atoms with Gasteiger partial charge >= 0.3 is 0 Å². The van der Waals surface area contributed by atoms with Crippen molar-refractivity contribution in [1.29, 1.82) is 0 Å². The van der Waals surface area contributed by atoms with E-state index in [1.54, 1.807) is 19.2 Å². The first-order valence-corrected chi connectivity index (χ1v) is 12.5. The van der Waals surface area contributed by atoms with Crippen molar-refractivity contribution in [3.8, 4) is 28.7 Å². The predicted octanol–water partition coefficient (Wildman–Crippen LogP) is 4.20. The van der Waals surface area contributed by atoms with Gasteiger partial charge in [0, 0.05) is 24.6 Å². The molecule has 0 saturated heterocycles. The smallest absolute Gasteiger partial charge is 0.203 e. The van der Waals surface area contributed by atoms with Crippen LogP contribution in [0.5, 0.6) is 28.7 Å². The Bertz CT molecular complexity index is 963. The Morgan fingerprint density at radius 3 is 2.19 bits per heavy atom. The van der Waals surface area contributed by atoms with Crippen LogP contribution < -0.4 is 29.0 Å². The van der Waals surface area contributed by atoms with Crippen LogP contribution >= 0.6 is 0 Å². The number of carbonyl (C=O) groups excluding carboxylic acids is 1. The summed E-state index contributed by atoms with van der Waals surface area (Å²) in [5, 5.41) is 13.8. The summed E-state index contributed by atoms with van der Waals surface area (Å²) in [6, 6.07) is 9.40. The lowest BCUT2D eigenvalue weighted by atomic mass is 9.95. The predicted molar refractivity (Wildman–Crippen MR) is 138 cm³/mol. The molecule has 1 aliphatic rings. The summed E-state index contributed by atoms with van der Waals surface area (Å²) >= 11 is 0. The van der Waals surface area contributed by atoms with E-state index in [-0.39, 0.29) is 12.4 Å². The minimum atomic E-state index is -0.623. The number of ketones is 1. The molecule has 0 heterocycles. The number of aryl methyl sites for hydroxylation is 1. The summed E-state index contributed by atoms with van der Waals surface area (Å²) < 4.78 is 27.4. The van der Waals surface area contributed by atoms with Crippen molar-refractivity contribution in [3.05, 3.63) is 41.5 Å². The van der Waals surface area contributed by atoms with Crippen molar-refractivity contribution in [1.82, 2.24) is 5.32 Å². The zero-order valence-electron chi connectivity index (χ0n) is 21.8. The molecule has 1 saturated carbocycles. The number of rotatable bonds is 14. The van der Waals surface area contributed by atoms with Gasteiger partial charge < -0.3 is 34.1 Å². The maximum absolute atomic E-state index is 12.9. The third-order valence-electron chi connectivity index (χ3n) is 6.53. The van der Waals surface area contributed by atoms with Gasteiger partial charge in [0.2, 0.25) is 5.75 Å². The fraction of sp³-hybridized carbons (Fsp3) is 0.536. The molecular formula is C28H39NO7. The Balaban J connectivity index is 1.58. The molecule has 1 atom stereocenters. The average Bonchev–Trinajstić information content (AvgIpc) is 2.93. The molecule has 2 N–H and O–H groups in total. The van der Waals surface area contributed by atoms with Crippen LogP contribution in [-0.4, -0.2) is 64.6 Å². The van der Waals surface area contributed by atoms with Crippen LogP contribution in [0.15, 0.2) is 30.3 Å². The minimum Gasteiger partial charge on any atom is -0.493 e. The van der Waals surface area contributed by atoms with Crippen molar-refractivity contribution >= 4 is 5.78 Å². The van der Waals surface area contributed by atoms with Crippen LogP contribution in [0, 0.1) is 0 Å². The lowest BCUT2D eigenvalue weighted by Crippen LogP contribution is -2.39. The zero-order chi connectivity index (χ0) is 25.9. The highest BCUT2D eigenvalue weighted by Crippen LogP contribution is 2.38. The van der Waals surface area contributed by atoms with Gasteiger partial charge in [0.05, 0.1) is 28.4 Å². The summed E-state index contributed by atoms with van der Waals surface area (Å²) in [6.45, 7) is 0.653. The second-order valence-corrected chi connectivity index (χ2v) is 9.03. The van der Waals surface area contributed by atoms with E-state index in [9.17, 15) is 9.90 Å². The molecular weight excluding hydrogens is 462 g/mol. The van der Waals surface area contributed by atoms with E-state index >= 15 is 0 Å². The maximum Gasteiger partial charge on any atom is 0.203 e. The van der Waals surface area contributed by atoms with Gasteiger partial charge in [-0.05, 0) is 49.1 Å². The van der Waals surface area contributed by atoms with Crippen LogP contribution in [0.2, 0.25) is 0 Å². The van der Waals surface area contributed by atoms with Gasteiger partial charge in [-0.15, -0.1) is 0 Å². The molecule has 0 amide bonds. The normalized spacial score (nSPS) is 14.7. The topological polar surface area (TPSA) is 95.5 Å². The number of hydrogen-bond donors (Lipinski definition) is 2. The van der Waals surface area contributed by atoms with Crippen molar-refractivity contribution < 1.29 is 33.6 Å². The minimum absolute atomic E-state index is 0.0447. The number of carbonyl (C=O) groups is 1. The highest BCUT2D eigenvalue weighted by atomic mass is 16.5. The molecule has 8 nitrogen and oxygen atoms in total. The summed E-state index contributed by atoms with van der Waals surface area (Å²) in [4.78, 5) is 12.9. The molecule has 8 heteroatoms. The van der Waals surface area contributed by atoms with Gasteiger partial charge in [0.1, 0.15) is 12.7 Å². The molecule has 0 bridgehead atoms. The largest absolute Gasteiger partial charge is 0.493 e. The number of benzene rings is 2. The molecule has 36 heavy (non-hydrogen) atoms. The number of ether oxygens (including phenoxy) is 5. The lowest BCUT2D eigenvalue weighted by molar-refractivity contribution is 0.0981. The SMILES string of the molecule is COc1ccc(CCC(=O)c2cc(OC)c(OC)c(OC)c2)cc1OCC(O)CNC1CCCCC1. The standard InChI is InChI=1S/C28H39NO7/c1-32-24-13-11-19(14-25(24)36-18-22(30)17-29-21-8-6-5-7-9-21)10-12-23(31)20-15-26(33-2)28(35-4)27(16-20)34-3/h11,13-16,21-22,29-30H,5-10,12,17-18H2,1-4H3. The van der Waals surface area contributed by atoms with E-state index in [0.717, 1.165) is 18.4 Å². The number of aliphatic hydroxyl groups excluding tert-OH is 1. The Hall–Kier alpha value is -2.97. The molecule has 0 spiro atoms. The van der Waals surface area contributed by atoms with Crippen molar-refractivity contribution in [2.24, 2.45) is 0 Å². The van der Waals surface area contributed by atoms with Crippen molar-refractivity contribution in [2.75, 3.05) is 41.6 Å². The molecule has 0 aromatic heterocycles. The lowest BCUT2D eigenvalue weighted by Gasteiger charge is -2.24. The Kier molecular flexibility index (Phi) is 10.7. The zero-order valence-corrected chi connectivity index (χ0v) is 21.8. The summed E-state index contributed by atoms with van der Waals surface area (Å²) in [7, 11) is 6.15. The molecule has 1 unspecified atom stereocenters. The van der Waals surface area contributed by atoms with E-state index in [1.165, 1.54) is 40.6 Å². The summed E-state index contributed by atoms with van der Waals surface area (Å²) in [5.74, 6) is 2.42. The first kappa shape index (κ1) is 27.6. The molecule has 0 radical (unpaired) electrons. The van der Waals surface area contributed by atoms with E-state index in [1.807, 2.05) is 18.2 Å². The van der Waals surface area contributed by atoms with Gasteiger partial charge in [-0.2, -0.15) is 0 Å². The molecule has 0 aliphatic heterocycles. The van der Waals surface area contributed by atoms with Gasteiger partial charge in [-0.25, -0.2) is 0 Å². The van der Waals surface area contributed by atoms with Gasteiger partial charge in [-0.3, -0.25) is 4.79 Å². The number of aliphatic hydroxyl groups is 1. The quantitative estimate of drug-likeness (QED) is 0.372. The summed E-state index contributed by atoms with van der Waals surface area (Å²) in [6.07, 6.45) is 6.30. The van der Waals surface area contributed by atoms with E-state index in [2.05, 4.69) is 5.32 Å². The Morgan fingerprint density at radius 2 is 1.58 bits per heavy atom. The average molecular weight is 502 g/mol. The van der Waals surface area contributed by atoms with Crippen LogP contribution in [0.1, 0.15) is 54.4 Å². The third kappa shape index (κ3) is 7.51. The molecule has 2 aromatic carbocycles. The van der Waals surface area contributed by atoms with E-state index in [0.29, 0.717) is 59.7 Å². The molecule has 198 valence electrons. The molecule has 1 aliphatic carbocycles. The number of hydrogen-bond acceptors (Lipinski definition) is 8. The van der Waals surface area contributed by atoms with Crippen LogP contribution in [0.4, 0.5) is 0 Å². The second-order valence-electron chi connectivity index (χ2n) is 9.03. The Labute approximate surface area is 213 Å². The van der Waals surface area contributed by atoms with E-state index < -0.39 is 6.10 Å². The fourth-order valence-electron chi connectivity index (χ4n) is 4.49. The number of Topliss-reactive ketones (excluding diaryl/α,β-unsaturated/α-hetero) is 1. The summed E-state index contributed by atoms with van der Waals surface area (Å²) in [5.41, 5.74) is 1.42. The van der Waals surface area contributed by atoms with Crippen LogP contribution in [0.3, 0.4) is 0 Å². The van der Waals surface area contributed by atoms with Crippen LogP contribution in [-0.2, 0) is 6.42 Å². The fourth-order valence-corrected chi connectivity index (χ4v) is 4.49. The van der Waals surface area contributed by atoms with Gasteiger partial charge in [0.25, 0.3) is 0 Å². The van der Waals surface area contributed by atoms with Crippen molar-refractivity contribution in [3.63, 3.8) is 0 Å². The van der Waals surface area contributed by atoms with Gasteiger partial charge in [0.15, 0.2) is 28.8 Å².